The second kappa shape index (κ2) is 66.1. The first-order valence-corrected chi connectivity index (χ1v) is 37.1. The van der Waals surface area contributed by atoms with Crippen molar-refractivity contribution in [3.8, 4) is 0 Å². The van der Waals surface area contributed by atoms with Crippen LogP contribution in [0.15, 0.2) is 109 Å². The summed E-state index contributed by atoms with van der Waals surface area (Å²) in [5.74, 6) is -0.829. The molecule has 0 bridgehead atoms. The lowest BCUT2D eigenvalue weighted by Gasteiger charge is -2.28. The van der Waals surface area contributed by atoms with Crippen molar-refractivity contribution < 1.29 is 42.1 Å². The van der Waals surface area contributed by atoms with Crippen LogP contribution < -0.4 is 4.89 Å². The second-order valence-electron chi connectivity index (χ2n) is 24.9. The van der Waals surface area contributed by atoms with Gasteiger partial charge < -0.3 is 27.9 Å². The summed E-state index contributed by atoms with van der Waals surface area (Å²) >= 11 is 0. The molecular formula is C76H134NO8P. The number of likely N-dealkylation sites (N-methyl/N-ethyl adjacent to an activating group) is 1. The molecular weight excluding hydrogens is 1090 g/mol. The van der Waals surface area contributed by atoms with E-state index >= 15 is 0 Å². The fourth-order valence-electron chi connectivity index (χ4n) is 9.85. The molecule has 0 heterocycles. The minimum atomic E-state index is -4.65. The van der Waals surface area contributed by atoms with Gasteiger partial charge in [0.05, 0.1) is 27.7 Å². The fourth-order valence-corrected chi connectivity index (χ4v) is 10.6. The lowest BCUT2D eigenvalue weighted by molar-refractivity contribution is -0.870. The van der Waals surface area contributed by atoms with E-state index in [0.29, 0.717) is 17.4 Å². The van der Waals surface area contributed by atoms with Crippen LogP contribution in [0.3, 0.4) is 0 Å². The Hall–Kier alpha value is -3.33. The average Bonchev–Trinajstić information content (AvgIpc) is 3.56. The van der Waals surface area contributed by atoms with Gasteiger partial charge in [0.2, 0.25) is 0 Å². The minimum Gasteiger partial charge on any atom is -0.756 e. The van der Waals surface area contributed by atoms with Gasteiger partial charge in [-0.25, -0.2) is 0 Å². The lowest BCUT2D eigenvalue weighted by atomic mass is 10.0. The number of esters is 2. The number of carbonyl (C=O) groups is 2. The van der Waals surface area contributed by atoms with Crippen LogP contribution in [0.4, 0.5) is 0 Å². The molecule has 0 aliphatic heterocycles. The summed E-state index contributed by atoms with van der Waals surface area (Å²) in [6.45, 7) is 4.14. The van der Waals surface area contributed by atoms with Gasteiger partial charge in [-0.1, -0.05) is 303 Å². The zero-order chi connectivity index (χ0) is 62.6. The first kappa shape index (κ1) is 82.7. The highest BCUT2D eigenvalue weighted by Crippen LogP contribution is 2.38. The van der Waals surface area contributed by atoms with Gasteiger partial charge in [0.25, 0.3) is 7.82 Å². The standard InChI is InChI=1S/C76H134NO8P/c1-6-8-10-12-14-16-18-20-22-24-26-28-30-32-34-35-36-37-38-39-40-41-43-45-47-49-51-53-55-57-59-61-63-65-67-69-76(79)85-74(73-84-86(80,81)83-71-70-77(3,4)5)72-82-75(78)68-66-64-62-60-58-56-54-52-50-48-46-44-42-33-31-29-27-25-23-21-19-17-15-13-11-9-7-2/h8,10,14,16,19-22,25-28,31-34,36-37,74H,6-7,9,11-13,15,17-18,23-24,29-30,35,38-73H2,1-5H3/b10-8-,16-14-,21-19-,22-20-,27-25-,28-26-,33-31-,34-32-,37-36-. The molecule has 0 amide bonds. The predicted octanol–water partition coefficient (Wildman–Crippen LogP) is 22.6. The van der Waals surface area contributed by atoms with Crippen LogP contribution in [-0.4, -0.2) is 70.0 Å². The average molecular weight is 1220 g/mol. The summed E-state index contributed by atoms with van der Waals surface area (Å²) < 4.78 is 34.3. The number of phosphoric ester groups is 1. The number of rotatable bonds is 65. The number of unbranched alkanes of at least 4 members (excludes halogenated alkanes) is 33. The third kappa shape index (κ3) is 69.8. The molecule has 0 saturated carbocycles. The van der Waals surface area contributed by atoms with Crippen molar-refractivity contribution in [2.45, 2.75) is 315 Å². The van der Waals surface area contributed by atoms with Crippen molar-refractivity contribution in [2.24, 2.45) is 0 Å². The molecule has 496 valence electrons. The molecule has 0 N–H and O–H groups in total. The van der Waals surface area contributed by atoms with Gasteiger partial charge >= 0.3 is 11.9 Å². The molecule has 0 aromatic heterocycles. The molecule has 0 aliphatic rings. The van der Waals surface area contributed by atoms with Gasteiger partial charge in [0.1, 0.15) is 19.8 Å². The zero-order valence-electron chi connectivity index (χ0n) is 56.5. The molecule has 0 fully saturated rings. The first-order valence-electron chi connectivity index (χ1n) is 35.6. The van der Waals surface area contributed by atoms with E-state index in [4.69, 9.17) is 18.5 Å². The summed E-state index contributed by atoms with van der Waals surface area (Å²) in [5, 5.41) is 0. The number of ether oxygens (including phenoxy) is 2. The minimum absolute atomic E-state index is 0.0340. The van der Waals surface area contributed by atoms with E-state index < -0.39 is 26.5 Å². The Labute approximate surface area is 531 Å². The largest absolute Gasteiger partial charge is 0.756 e. The number of allylic oxidation sites excluding steroid dienone is 18. The van der Waals surface area contributed by atoms with Crippen molar-refractivity contribution in [3.63, 3.8) is 0 Å². The fraction of sp³-hybridized carbons (Fsp3) is 0.737. The van der Waals surface area contributed by atoms with E-state index in [9.17, 15) is 19.0 Å². The molecule has 0 spiro atoms. The predicted molar refractivity (Wildman–Crippen MR) is 369 cm³/mol. The molecule has 0 aromatic carbocycles. The normalized spacial score (nSPS) is 13.8. The summed E-state index contributed by atoms with van der Waals surface area (Å²) in [4.78, 5) is 38.1. The number of carbonyl (C=O) groups excluding carboxylic acids is 2. The van der Waals surface area contributed by atoms with E-state index in [-0.39, 0.29) is 32.0 Å². The second-order valence-corrected chi connectivity index (χ2v) is 26.3. The Balaban J connectivity index is 4.04. The molecule has 0 rings (SSSR count). The molecule has 0 aliphatic carbocycles. The third-order valence-corrected chi connectivity index (χ3v) is 16.2. The Kier molecular flexibility index (Phi) is 63.5. The van der Waals surface area contributed by atoms with Gasteiger partial charge in [0, 0.05) is 12.8 Å². The van der Waals surface area contributed by atoms with Crippen LogP contribution in [0, 0.1) is 0 Å². The van der Waals surface area contributed by atoms with Crippen LogP contribution in [0.1, 0.15) is 309 Å². The SMILES string of the molecule is CC/C=C\C/C=C\C/C=C\C/C=C\C/C=C\C/C=C\CCCCCCCCCCCCCCCCCCC(=O)OC(COC(=O)CCCCCCCCCCCCCC/C=C\C/C=C\C/C=C\CCCCCCC)COP(=O)([O-])OCC[N+](C)(C)C. The maximum atomic E-state index is 12.9. The van der Waals surface area contributed by atoms with Crippen LogP contribution in [0.5, 0.6) is 0 Å². The Morgan fingerprint density at radius 1 is 0.372 bits per heavy atom. The molecule has 0 aromatic rings. The van der Waals surface area contributed by atoms with E-state index in [1.165, 1.54) is 186 Å². The molecule has 86 heavy (non-hydrogen) atoms. The van der Waals surface area contributed by atoms with Crippen molar-refractivity contribution >= 4 is 19.8 Å². The number of hydrogen-bond acceptors (Lipinski definition) is 8. The highest BCUT2D eigenvalue weighted by molar-refractivity contribution is 7.45. The van der Waals surface area contributed by atoms with Crippen molar-refractivity contribution in [1.29, 1.82) is 0 Å². The van der Waals surface area contributed by atoms with Crippen LogP contribution >= 0.6 is 7.82 Å². The van der Waals surface area contributed by atoms with Crippen LogP contribution in [0.2, 0.25) is 0 Å². The molecule has 0 radical (unpaired) electrons. The van der Waals surface area contributed by atoms with Gasteiger partial charge in [-0.2, -0.15) is 0 Å². The lowest BCUT2D eigenvalue weighted by Crippen LogP contribution is -2.37. The summed E-state index contributed by atoms with van der Waals surface area (Å²) in [7, 11) is 1.17. The molecule has 0 saturated heterocycles. The van der Waals surface area contributed by atoms with E-state index in [0.717, 1.165) is 89.9 Å². The topological polar surface area (TPSA) is 111 Å². The number of nitrogens with zero attached hydrogens (tertiary/aromatic N) is 1. The van der Waals surface area contributed by atoms with Crippen LogP contribution in [-0.2, 0) is 32.7 Å². The maximum absolute atomic E-state index is 12.9. The molecule has 10 heteroatoms. The summed E-state index contributed by atoms with van der Waals surface area (Å²) in [6, 6.07) is 0. The number of hydrogen-bond donors (Lipinski definition) is 0. The maximum Gasteiger partial charge on any atom is 0.306 e. The van der Waals surface area contributed by atoms with E-state index in [1.54, 1.807) is 0 Å². The number of phosphoric acid groups is 1. The van der Waals surface area contributed by atoms with Gasteiger partial charge in [-0.05, 0) is 103 Å². The first-order chi connectivity index (χ1) is 42.0. The van der Waals surface area contributed by atoms with Crippen molar-refractivity contribution in [1.82, 2.24) is 0 Å². The highest BCUT2D eigenvalue weighted by atomic mass is 31.2. The van der Waals surface area contributed by atoms with Crippen molar-refractivity contribution in [3.05, 3.63) is 109 Å². The smallest absolute Gasteiger partial charge is 0.306 e. The van der Waals surface area contributed by atoms with E-state index in [2.05, 4.69) is 123 Å². The summed E-state index contributed by atoms with van der Waals surface area (Å²) in [6.07, 6.45) is 93.1. The zero-order valence-corrected chi connectivity index (χ0v) is 57.4. The molecule has 2 atom stereocenters. The Bertz CT molecular complexity index is 1820. The number of quaternary nitrogens is 1. The quantitative estimate of drug-likeness (QED) is 0.0195. The molecule has 9 nitrogen and oxygen atoms in total. The van der Waals surface area contributed by atoms with Gasteiger partial charge in [-0.3, -0.25) is 14.2 Å². The Morgan fingerprint density at radius 2 is 0.663 bits per heavy atom. The third-order valence-electron chi connectivity index (χ3n) is 15.3. The Morgan fingerprint density at radius 3 is 0.988 bits per heavy atom. The van der Waals surface area contributed by atoms with Crippen molar-refractivity contribution in [2.75, 3.05) is 47.5 Å². The summed E-state index contributed by atoms with van der Waals surface area (Å²) in [5.41, 5.74) is 0. The van der Waals surface area contributed by atoms with Gasteiger partial charge in [0.15, 0.2) is 6.10 Å². The van der Waals surface area contributed by atoms with Gasteiger partial charge in [-0.15, -0.1) is 0 Å². The monoisotopic (exact) mass is 1220 g/mol. The van der Waals surface area contributed by atoms with E-state index in [1.807, 2.05) is 21.1 Å². The van der Waals surface area contributed by atoms with Crippen LogP contribution in [0.25, 0.3) is 0 Å². The highest BCUT2D eigenvalue weighted by Gasteiger charge is 2.22. The molecule has 2 unspecified atom stereocenters.